The van der Waals surface area contributed by atoms with Crippen molar-refractivity contribution in [3.05, 3.63) is 12.2 Å². The van der Waals surface area contributed by atoms with Crippen molar-refractivity contribution in [3.8, 4) is 0 Å². The zero-order chi connectivity index (χ0) is 6.95. The highest BCUT2D eigenvalue weighted by Crippen LogP contribution is 1.99. The van der Waals surface area contributed by atoms with Crippen molar-refractivity contribution in [3.63, 3.8) is 0 Å². The van der Waals surface area contributed by atoms with Gasteiger partial charge in [0.25, 0.3) is 0 Å². The average Bonchev–Trinajstić information content (AvgIpc) is 1.89. The van der Waals surface area contributed by atoms with E-state index in [9.17, 15) is 0 Å². The van der Waals surface area contributed by atoms with E-state index < -0.39 is 0 Å². The minimum atomic E-state index is 1.15. The molecule has 0 nitrogen and oxygen atoms in total. The fraction of sp³-hybridized carbons (Fsp3) is 0.750. The van der Waals surface area contributed by atoms with E-state index in [2.05, 4.69) is 35.0 Å². The molecule has 0 radical (unpaired) electrons. The van der Waals surface area contributed by atoms with Crippen molar-refractivity contribution in [1.29, 1.82) is 0 Å². The van der Waals surface area contributed by atoms with Gasteiger partial charge < -0.3 is 0 Å². The van der Waals surface area contributed by atoms with E-state index >= 15 is 0 Å². The van der Waals surface area contributed by atoms with Crippen LogP contribution >= 0.6 is 15.9 Å². The first-order chi connectivity index (χ1) is 4.41. The molecule has 0 aliphatic heterocycles. The molecule has 0 aromatic carbocycles. The van der Waals surface area contributed by atoms with Crippen LogP contribution in [0.25, 0.3) is 0 Å². The predicted molar refractivity (Wildman–Crippen MR) is 47.1 cm³/mol. The van der Waals surface area contributed by atoms with E-state index in [1.165, 1.54) is 25.7 Å². The lowest BCUT2D eigenvalue weighted by atomic mass is 10.2. The Kier molecular flexibility index (Phi) is 8.42. The molecule has 0 fully saturated rings. The average molecular weight is 191 g/mol. The van der Waals surface area contributed by atoms with Gasteiger partial charge in [0.05, 0.1) is 0 Å². The number of hydrogen-bond donors (Lipinski definition) is 0. The van der Waals surface area contributed by atoms with Crippen LogP contribution in [0.15, 0.2) is 12.2 Å². The van der Waals surface area contributed by atoms with Crippen LogP contribution in [0.2, 0.25) is 0 Å². The number of alkyl halides is 1. The summed E-state index contributed by atoms with van der Waals surface area (Å²) in [4.78, 5) is 0. The summed E-state index contributed by atoms with van der Waals surface area (Å²) in [6.07, 6.45) is 9.54. The fourth-order valence-electron chi connectivity index (χ4n) is 0.641. The van der Waals surface area contributed by atoms with Gasteiger partial charge in [-0.25, -0.2) is 0 Å². The van der Waals surface area contributed by atoms with E-state index in [-0.39, 0.29) is 0 Å². The quantitative estimate of drug-likeness (QED) is 0.354. The molecule has 0 N–H and O–H groups in total. The van der Waals surface area contributed by atoms with Crippen LogP contribution in [-0.4, -0.2) is 5.33 Å². The van der Waals surface area contributed by atoms with E-state index in [0.717, 1.165) is 5.33 Å². The molecule has 0 saturated heterocycles. The van der Waals surface area contributed by atoms with Gasteiger partial charge >= 0.3 is 0 Å². The van der Waals surface area contributed by atoms with Crippen molar-refractivity contribution in [2.24, 2.45) is 0 Å². The zero-order valence-corrected chi connectivity index (χ0v) is 7.65. The predicted octanol–water partition coefficient (Wildman–Crippen LogP) is 3.52. The standard InChI is InChI=1S/C8H15Br/c1-2-3-4-5-6-7-8-9/h3-4H,2,5-8H2,1H3. The summed E-state index contributed by atoms with van der Waals surface area (Å²) in [6.45, 7) is 2.17. The van der Waals surface area contributed by atoms with E-state index in [1.54, 1.807) is 0 Å². The molecule has 0 spiro atoms. The summed E-state index contributed by atoms with van der Waals surface area (Å²) in [5, 5.41) is 1.15. The van der Waals surface area contributed by atoms with Gasteiger partial charge in [0.1, 0.15) is 0 Å². The summed E-state index contributed by atoms with van der Waals surface area (Å²) in [7, 11) is 0. The highest BCUT2D eigenvalue weighted by atomic mass is 79.9. The van der Waals surface area contributed by atoms with Crippen LogP contribution in [0.3, 0.4) is 0 Å². The number of rotatable bonds is 5. The third kappa shape index (κ3) is 8.22. The maximum absolute atomic E-state index is 3.39. The Hall–Kier alpha value is 0.220. The molecule has 1 heteroatoms. The van der Waals surface area contributed by atoms with Gasteiger partial charge in [-0.05, 0) is 25.7 Å². The Bertz CT molecular complexity index is 67.0. The van der Waals surface area contributed by atoms with Gasteiger partial charge in [-0.3, -0.25) is 0 Å². The molecule has 0 aromatic rings. The van der Waals surface area contributed by atoms with Crippen molar-refractivity contribution in [2.45, 2.75) is 32.6 Å². The molecule has 0 heterocycles. The van der Waals surface area contributed by atoms with Gasteiger partial charge in [-0.1, -0.05) is 35.0 Å². The number of hydrogen-bond acceptors (Lipinski definition) is 0. The van der Waals surface area contributed by atoms with Gasteiger partial charge in [-0.15, -0.1) is 0 Å². The Labute approximate surface area is 66.5 Å². The molecule has 0 atom stereocenters. The van der Waals surface area contributed by atoms with Crippen LogP contribution < -0.4 is 0 Å². The van der Waals surface area contributed by atoms with Crippen LogP contribution in [-0.2, 0) is 0 Å². The maximum Gasteiger partial charge on any atom is 0.00314 e. The third-order valence-electron chi connectivity index (χ3n) is 1.16. The molecule has 0 rings (SSSR count). The van der Waals surface area contributed by atoms with Crippen LogP contribution in [0.1, 0.15) is 32.6 Å². The lowest BCUT2D eigenvalue weighted by Gasteiger charge is -1.88. The minimum absolute atomic E-state index is 1.15. The highest BCUT2D eigenvalue weighted by molar-refractivity contribution is 9.09. The number of allylic oxidation sites excluding steroid dienone is 2. The number of unbranched alkanes of at least 4 members (excludes halogenated alkanes) is 2. The fourth-order valence-corrected chi connectivity index (χ4v) is 1.04. The normalized spacial score (nSPS) is 10.9. The summed E-state index contributed by atoms with van der Waals surface area (Å²) in [5.41, 5.74) is 0. The van der Waals surface area contributed by atoms with Crippen LogP contribution in [0.5, 0.6) is 0 Å². The molecule has 0 aliphatic carbocycles. The summed E-state index contributed by atoms with van der Waals surface area (Å²) in [5.74, 6) is 0. The topological polar surface area (TPSA) is 0 Å². The van der Waals surface area contributed by atoms with Crippen molar-refractivity contribution in [2.75, 3.05) is 5.33 Å². The molecule has 0 saturated carbocycles. The van der Waals surface area contributed by atoms with E-state index in [4.69, 9.17) is 0 Å². The number of halogens is 1. The van der Waals surface area contributed by atoms with Gasteiger partial charge in [0, 0.05) is 5.33 Å². The van der Waals surface area contributed by atoms with Gasteiger partial charge in [0.15, 0.2) is 0 Å². The molecule has 0 unspecified atom stereocenters. The first-order valence-corrected chi connectivity index (χ1v) is 4.75. The van der Waals surface area contributed by atoms with Gasteiger partial charge in [0.2, 0.25) is 0 Å². The lowest BCUT2D eigenvalue weighted by Crippen LogP contribution is -1.72. The smallest absolute Gasteiger partial charge is 0.00314 e. The summed E-state index contributed by atoms with van der Waals surface area (Å²) >= 11 is 3.39. The van der Waals surface area contributed by atoms with E-state index in [0.29, 0.717) is 0 Å². The van der Waals surface area contributed by atoms with Crippen molar-refractivity contribution >= 4 is 15.9 Å². The van der Waals surface area contributed by atoms with Crippen LogP contribution in [0.4, 0.5) is 0 Å². The molecule has 0 aliphatic rings. The Morgan fingerprint density at radius 3 is 2.56 bits per heavy atom. The highest BCUT2D eigenvalue weighted by Gasteiger charge is 1.80. The molecule has 0 bridgehead atoms. The summed E-state index contributed by atoms with van der Waals surface area (Å²) in [6, 6.07) is 0. The largest absolute Gasteiger partial charge is 0.0928 e. The molecular weight excluding hydrogens is 176 g/mol. The SMILES string of the molecule is CCC=CCCCCBr. The maximum atomic E-state index is 3.39. The van der Waals surface area contributed by atoms with Crippen molar-refractivity contribution in [1.82, 2.24) is 0 Å². The molecule has 54 valence electrons. The Morgan fingerprint density at radius 1 is 1.22 bits per heavy atom. The van der Waals surface area contributed by atoms with Crippen LogP contribution in [0, 0.1) is 0 Å². The van der Waals surface area contributed by atoms with Crippen molar-refractivity contribution < 1.29 is 0 Å². The van der Waals surface area contributed by atoms with Gasteiger partial charge in [-0.2, -0.15) is 0 Å². The van der Waals surface area contributed by atoms with E-state index in [1.807, 2.05) is 0 Å². The second-order valence-electron chi connectivity index (χ2n) is 2.06. The molecular formula is C8H15Br. The molecule has 0 aromatic heterocycles. The molecule has 0 amide bonds. The molecule has 9 heavy (non-hydrogen) atoms. The lowest BCUT2D eigenvalue weighted by molar-refractivity contribution is 0.824. The zero-order valence-electron chi connectivity index (χ0n) is 6.07. The first kappa shape index (κ1) is 9.22. The summed E-state index contributed by atoms with van der Waals surface area (Å²) < 4.78 is 0. The second-order valence-corrected chi connectivity index (χ2v) is 2.86. The second kappa shape index (κ2) is 8.22. The third-order valence-corrected chi connectivity index (χ3v) is 1.72. The monoisotopic (exact) mass is 190 g/mol. The Balaban J connectivity index is 2.82. The minimum Gasteiger partial charge on any atom is -0.0928 e. The Morgan fingerprint density at radius 2 is 2.00 bits per heavy atom. The first-order valence-electron chi connectivity index (χ1n) is 3.62.